The molecule has 23 nitrogen and oxygen atoms in total. The summed E-state index contributed by atoms with van der Waals surface area (Å²) in [5.74, 6) is -4.50. The number of amides is 7. The normalized spacial score (nSPS) is 27.5. The zero-order chi connectivity index (χ0) is 66.0. The maximum atomic E-state index is 14.1. The van der Waals surface area contributed by atoms with Gasteiger partial charge in [-0.15, -0.1) is 25.6 Å². The summed E-state index contributed by atoms with van der Waals surface area (Å²) in [4.78, 5) is 106. The summed E-state index contributed by atoms with van der Waals surface area (Å²) in [6, 6.07) is 11.6. The number of benzene rings is 2. The number of piperidine rings is 2. The summed E-state index contributed by atoms with van der Waals surface area (Å²) in [6.45, 7) is 37.5. The topological polar surface area (TPSA) is 336 Å². The Balaban J connectivity index is 0.000000265. The van der Waals surface area contributed by atoms with Crippen LogP contribution in [-0.4, -0.2) is 139 Å². The summed E-state index contributed by atoms with van der Waals surface area (Å²) in [5, 5.41) is 17.9. The van der Waals surface area contributed by atoms with Gasteiger partial charge < -0.3 is 46.1 Å². The number of carboxylic acids is 1. The van der Waals surface area contributed by atoms with Crippen LogP contribution in [0.4, 0.5) is 9.59 Å². The number of sulfonamides is 2. The standard InChI is InChI=1S/C31H44N4O7S.C19H32N2O5.C12H14N2O3S.ClH/c1-10-18-16-31(18,26(38)34-43(40,41)19-14-12-11-13-15-19)33-24(36)22-21-20(30(21,8)9)17-35(22)25(37)23(28(2,3)4)32-27(39)42-29(5,6)7;1-17(2,3)13(20-16(25)26-18(4,5)6)14(22)21-9-10-11(19(10,7)8)12(21)15(23)24;1-2-9-8-12(9,13)11(15)14-18(16,17)10-6-4-3-5-7-10;/h10-15,18,20-23H,1,16-17H2,2-9H3,(H,32,39)(H,33,36)(H,34,38);10-13H,9H2,1-8H3,(H,20,25)(H,23,24);2-7,9H,1,8,13H2,(H,14,15);1H/t18?,20-,21-,22-,23+,31+;10?,11?,12-,13+;9?,12-;/m001./s1. The van der Waals surface area contributed by atoms with Gasteiger partial charge in [0.1, 0.15) is 46.4 Å². The quantitative estimate of drug-likeness (QED) is 0.0964. The molecule has 2 heterocycles. The average molecular weight is 1290 g/mol. The molecule has 488 valence electrons. The van der Waals surface area contributed by atoms with E-state index in [0.717, 1.165) is 0 Å². The van der Waals surface area contributed by atoms with E-state index in [1.54, 1.807) is 84.0 Å². The van der Waals surface area contributed by atoms with E-state index in [1.807, 2.05) is 74.0 Å². The lowest BCUT2D eigenvalue weighted by Gasteiger charge is -2.38. The van der Waals surface area contributed by atoms with Gasteiger partial charge in [-0.05, 0) is 118 Å². The van der Waals surface area contributed by atoms with Crippen molar-refractivity contribution in [3.05, 3.63) is 86.0 Å². The van der Waals surface area contributed by atoms with Gasteiger partial charge in [0.05, 0.1) is 9.79 Å². The van der Waals surface area contributed by atoms with Crippen molar-refractivity contribution >= 4 is 80.1 Å². The van der Waals surface area contributed by atoms with Crippen molar-refractivity contribution in [1.29, 1.82) is 0 Å². The number of carboxylic acid groups (broad SMARTS) is 1. The molecule has 6 fully saturated rings. The molecule has 88 heavy (non-hydrogen) atoms. The third-order valence-electron chi connectivity index (χ3n) is 17.4. The SMILES string of the molecule is C=CC1C[C@]1(N)C(=O)NS(=O)(=O)c1ccccc1.C=CC1C[C@]1(NC(=O)[C@@H]1[C@@H]2[C@H](CN1C(=O)[C@@H](NC(=O)OC(C)(C)C)C(C)(C)C)C2(C)C)C(=O)NS(=O)(=O)c1ccccc1.CC(C)(C)OC(=O)N[C@H](C(=O)N1CC2C([C@H]1C(=O)O)C2(C)C)C(C)(C)C.Cl. The fraction of sp³-hybridized carbons (Fsp3) is 0.613. The molecule has 0 spiro atoms. The number of hydrogen-bond donors (Lipinski definition) is 7. The molecule has 12 atom stereocenters. The first-order chi connectivity index (χ1) is 39.6. The number of nitrogens with two attached hydrogens (primary N) is 1. The van der Waals surface area contributed by atoms with Gasteiger partial charge in [0.2, 0.25) is 17.7 Å². The molecule has 6 aliphatic rings. The van der Waals surface area contributed by atoms with Crippen molar-refractivity contribution in [2.45, 2.75) is 180 Å². The van der Waals surface area contributed by atoms with E-state index in [1.165, 1.54) is 40.1 Å². The Kier molecular flexibility index (Phi) is 20.5. The van der Waals surface area contributed by atoms with Gasteiger partial charge >= 0.3 is 18.2 Å². The van der Waals surface area contributed by atoms with Crippen molar-refractivity contribution in [2.75, 3.05) is 13.1 Å². The first kappa shape index (κ1) is 72.2. The smallest absolute Gasteiger partial charge is 0.408 e. The largest absolute Gasteiger partial charge is 0.480 e. The third kappa shape index (κ3) is 15.7. The molecule has 0 radical (unpaired) electrons. The maximum absolute atomic E-state index is 14.1. The van der Waals surface area contributed by atoms with Crippen LogP contribution in [0.2, 0.25) is 0 Å². The highest BCUT2D eigenvalue weighted by atomic mass is 35.5. The van der Waals surface area contributed by atoms with Crippen LogP contribution in [0.1, 0.15) is 124 Å². The molecule has 2 aliphatic heterocycles. The number of likely N-dealkylation sites (tertiary alicyclic amines) is 2. The molecule has 8 N–H and O–H groups in total. The van der Waals surface area contributed by atoms with E-state index in [-0.39, 0.29) is 74.9 Å². The second-order valence-electron chi connectivity index (χ2n) is 29.1. The van der Waals surface area contributed by atoms with Crippen molar-refractivity contribution < 1.29 is 69.8 Å². The number of halogens is 1. The predicted molar refractivity (Wildman–Crippen MR) is 331 cm³/mol. The van der Waals surface area contributed by atoms with Crippen LogP contribution in [-0.2, 0) is 58.3 Å². The second-order valence-corrected chi connectivity index (χ2v) is 32.5. The highest BCUT2D eigenvalue weighted by Gasteiger charge is 2.72. The van der Waals surface area contributed by atoms with Crippen molar-refractivity contribution in [1.82, 2.24) is 35.2 Å². The Bertz CT molecular complexity index is 3280. The number of alkyl carbamates (subject to hydrolysis) is 2. The van der Waals surface area contributed by atoms with Gasteiger partial charge in [0.25, 0.3) is 31.9 Å². The van der Waals surface area contributed by atoms with E-state index >= 15 is 0 Å². The minimum Gasteiger partial charge on any atom is -0.480 e. The van der Waals surface area contributed by atoms with Crippen LogP contribution in [0.25, 0.3) is 0 Å². The number of fused-ring (bicyclic) bond motifs is 2. The van der Waals surface area contributed by atoms with Gasteiger partial charge in [-0.2, -0.15) is 0 Å². The molecule has 4 saturated carbocycles. The molecule has 2 aromatic rings. The molecule has 0 bridgehead atoms. The lowest BCUT2D eigenvalue weighted by atomic mass is 9.85. The Morgan fingerprint density at radius 2 is 0.966 bits per heavy atom. The highest BCUT2D eigenvalue weighted by molar-refractivity contribution is 7.90. The van der Waals surface area contributed by atoms with Crippen LogP contribution in [0.5, 0.6) is 0 Å². The van der Waals surface area contributed by atoms with Gasteiger partial charge in [-0.25, -0.2) is 40.7 Å². The van der Waals surface area contributed by atoms with Crippen molar-refractivity contribution in [2.24, 2.45) is 62.9 Å². The number of rotatable bonds is 15. The average Bonchev–Trinajstić information content (AvgIpc) is 1.54. The molecule has 4 aliphatic carbocycles. The lowest BCUT2D eigenvalue weighted by molar-refractivity contribution is -0.152. The van der Waals surface area contributed by atoms with Crippen LogP contribution in [0, 0.1) is 57.2 Å². The predicted octanol–water partition coefficient (Wildman–Crippen LogP) is 6.28. The molecular formula is C62H91ClN8O15S2. The molecular weight excluding hydrogens is 1200 g/mol. The van der Waals surface area contributed by atoms with E-state index in [0.29, 0.717) is 19.5 Å². The summed E-state index contributed by atoms with van der Waals surface area (Å²) in [7, 11) is -8.04. The molecule has 4 unspecified atom stereocenters. The fourth-order valence-corrected chi connectivity index (χ4v) is 14.2. The Morgan fingerprint density at radius 3 is 1.30 bits per heavy atom. The summed E-state index contributed by atoms with van der Waals surface area (Å²) in [5.41, 5.74) is 0.0925. The van der Waals surface area contributed by atoms with Crippen LogP contribution in [0.3, 0.4) is 0 Å². The van der Waals surface area contributed by atoms with E-state index in [2.05, 4.69) is 33.8 Å². The van der Waals surface area contributed by atoms with Crippen molar-refractivity contribution in [3.63, 3.8) is 0 Å². The molecule has 2 saturated heterocycles. The molecule has 7 amide bonds. The number of aliphatic carboxylic acids is 1. The van der Waals surface area contributed by atoms with Crippen molar-refractivity contribution in [3.8, 4) is 0 Å². The number of hydrogen-bond acceptors (Lipinski definition) is 15. The zero-order valence-electron chi connectivity index (χ0n) is 53.3. The summed E-state index contributed by atoms with van der Waals surface area (Å²) >= 11 is 0. The van der Waals surface area contributed by atoms with E-state index < -0.39 is 125 Å². The Hall–Kier alpha value is -6.57. The van der Waals surface area contributed by atoms with Gasteiger partial charge in [0.15, 0.2) is 0 Å². The van der Waals surface area contributed by atoms with Crippen LogP contribution >= 0.6 is 12.4 Å². The molecule has 0 aromatic heterocycles. The Morgan fingerprint density at radius 1 is 0.602 bits per heavy atom. The number of nitrogens with zero attached hydrogens (tertiary/aromatic N) is 2. The third-order valence-corrected chi connectivity index (χ3v) is 20.1. The van der Waals surface area contributed by atoms with E-state index in [9.17, 15) is 60.3 Å². The first-order valence-electron chi connectivity index (χ1n) is 29.1. The summed E-state index contributed by atoms with van der Waals surface area (Å²) < 4.78 is 64.4. The maximum Gasteiger partial charge on any atom is 0.408 e. The minimum absolute atomic E-state index is 0. The van der Waals surface area contributed by atoms with Gasteiger partial charge in [-0.1, -0.05) is 118 Å². The number of carbonyl (C=O) groups is 8. The molecule has 2 aromatic carbocycles. The Labute approximate surface area is 524 Å². The fourth-order valence-electron chi connectivity index (χ4n) is 12.0. The lowest BCUT2D eigenvalue weighted by Crippen LogP contribution is -2.61. The van der Waals surface area contributed by atoms with Gasteiger partial charge in [0, 0.05) is 30.8 Å². The first-order valence-corrected chi connectivity index (χ1v) is 32.0. The van der Waals surface area contributed by atoms with Gasteiger partial charge in [-0.3, -0.25) is 24.0 Å². The highest BCUT2D eigenvalue weighted by Crippen LogP contribution is 2.66. The number of carbonyl (C=O) groups excluding carboxylic acids is 7. The van der Waals surface area contributed by atoms with Crippen LogP contribution in [0.15, 0.2) is 95.8 Å². The minimum atomic E-state index is -4.19. The summed E-state index contributed by atoms with van der Waals surface area (Å²) in [6.07, 6.45) is 2.25. The molecule has 26 heteroatoms. The second kappa shape index (κ2) is 25.0. The monoisotopic (exact) mass is 1290 g/mol. The molecule has 8 rings (SSSR count). The number of nitrogens with one attached hydrogen (secondary N) is 5. The van der Waals surface area contributed by atoms with Crippen LogP contribution < -0.4 is 31.1 Å². The number of ether oxygens (including phenoxy) is 2. The zero-order valence-corrected chi connectivity index (χ0v) is 55.8. The van der Waals surface area contributed by atoms with E-state index in [4.69, 9.17) is 15.2 Å².